The van der Waals surface area contributed by atoms with Crippen LogP contribution in [0.3, 0.4) is 0 Å². The number of ether oxygens (including phenoxy) is 8. The lowest BCUT2D eigenvalue weighted by Crippen LogP contribution is -2.64. The number of rotatable bonds is 18. The van der Waals surface area contributed by atoms with Gasteiger partial charge in [0.1, 0.15) is 11.4 Å². The molecule has 0 bridgehead atoms. The normalized spacial score (nSPS) is 19.5. The molecule has 296 valence electrons. The average Bonchev–Trinajstić information content (AvgIpc) is 3.06. The maximum Gasteiger partial charge on any atom is 0.431 e. The SMILES string of the molecule is COC(=O)C1O[C@@H](Oc2ccc(NC(=O)CCC(=O)NCCOCCONC(=O)OC(C)(C)C)cc2CO)C(OC(C)=O)C(OC(C)=O)[C@@H]1OC(C)=O. The number of benzene rings is 1. The van der Waals surface area contributed by atoms with Crippen molar-refractivity contribution < 1.29 is 81.4 Å². The summed E-state index contributed by atoms with van der Waals surface area (Å²) in [5, 5.41) is 15.3. The van der Waals surface area contributed by atoms with Crippen molar-refractivity contribution in [2.75, 3.05) is 38.8 Å². The molecule has 1 aliphatic rings. The first-order chi connectivity index (χ1) is 24.9. The van der Waals surface area contributed by atoms with Gasteiger partial charge in [-0.3, -0.25) is 28.8 Å². The molecule has 0 aliphatic carbocycles. The van der Waals surface area contributed by atoms with Crippen LogP contribution < -0.4 is 20.9 Å². The molecule has 2 rings (SSSR count). The summed E-state index contributed by atoms with van der Waals surface area (Å²) in [7, 11) is 1.04. The molecule has 53 heavy (non-hydrogen) atoms. The van der Waals surface area contributed by atoms with E-state index in [-0.39, 0.29) is 56.2 Å². The lowest BCUT2D eigenvalue weighted by Gasteiger charge is -2.43. The Balaban J connectivity index is 1.97. The predicted octanol–water partition coefficient (Wildman–Crippen LogP) is 0.559. The Morgan fingerprint density at radius 2 is 1.45 bits per heavy atom. The van der Waals surface area contributed by atoms with E-state index in [1.807, 2.05) is 0 Å². The van der Waals surface area contributed by atoms with Gasteiger partial charge in [-0.05, 0) is 39.0 Å². The van der Waals surface area contributed by atoms with Gasteiger partial charge in [-0.25, -0.2) is 9.59 Å². The maximum absolute atomic E-state index is 12.7. The molecule has 1 fully saturated rings. The summed E-state index contributed by atoms with van der Waals surface area (Å²) in [6.45, 7) is 8.15. The second-order valence-corrected chi connectivity index (χ2v) is 12.2. The topological polar surface area (TPSA) is 259 Å². The highest BCUT2D eigenvalue weighted by Crippen LogP contribution is 2.33. The van der Waals surface area contributed by atoms with E-state index in [1.165, 1.54) is 18.2 Å². The van der Waals surface area contributed by atoms with Crippen LogP contribution in [-0.2, 0) is 73.4 Å². The van der Waals surface area contributed by atoms with Crippen LogP contribution in [0.5, 0.6) is 5.75 Å². The first-order valence-corrected chi connectivity index (χ1v) is 16.3. The fourth-order valence-corrected chi connectivity index (χ4v) is 4.61. The molecule has 0 saturated carbocycles. The number of methoxy groups -OCH3 is 1. The highest BCUT2D eigenvalue weighted by molar-refractivity contribution is 5.93. The van der Waals surface area contributed by atoms with Gasteiger partial charge in [0.25, 0.3) is 0 Å². The Hall–Kier alpha value is -5.05. The third-order valence-electron chi connectivity index (χ3n) is 6.62. The van der Waals surface area contributed by atoms with E-state index in [1.54, 1.807) is 20.8 Å². The van der Waals surface area contributed by atoms with Crippen molar-refractivity contribution in [2.45, 2.75) is 97.3 Å². The van der Waals surface area contributed by atoms with Gasteiger partial charge < -0.3 is 53.6 Å². The molecule has 20 nitrogen and oxygen atoms in total. The number of hydrogen-bond donors (Lipinski definition) is 4. The fraction of sp³-hybridized carbons (Fsp3) is 0.606. The number of carbonyl (C=O) groups is 7. The number of esters is 4. The number of aliphatic hydroxyl groups is 1. The van der Waals surface area contributed by atoms with Crippen molar-refractivity contribution in [3.05, 3.63) is 23.8 Å². The first kappa shape index (κ1) is 44.1. The number of amides is 3. The third-order valence-corrected chi connectivity index (χ3v) is 6.62. The third kappa shape index (κ3) is 16.0. The summed E-state index contributed by atoms with van der Waals surface area (Å²) < 4.78 is 42.6. The molecule has 3 amide bonds. The Kier molecular flexibility index (Phi) is 17.9. The largest absolute Gasteiger partial charge is 0.467 e. The molecule has 1 heterocycles. The number of nitrogens with one attached hydrogen (secondary N) is 3. The molecular weight excluding hydrogens is 710 g/mol. The smallest absolute Gasteiger partial charge is 0.431 e. The number of hydrogen-bond acceptors (Lipinski definition) is 17. The van der Waals surface area contributed by atoms with Gasteiger partial charge in [0, 0.05) is 51.4 Å². The minimum atomic E-state index is -1.69. The van der Waals surface area contributed by atoms with Crippen LogP contribution in [-0.4, -0.2) is 117 Å². The lowest BCUT2D eigenvalue weighted by molar-refractivity contribution is -0.282. The molecule has 0 radical (unpaired) electrons. The fourth-order valence-electron chi connectivity index (χ4n) is 4.61. The molecule has 3 unspecified atom stereocenters. The van der Waals surface area contributed by atoms with E-state index in [9.17, 15) is 38.7 Å². The number of hydroxylamine groups is 1. The summed E-state index contributed by atoms with van der Waals surface area (Å²) in [4.78, 5) is 89.8. The summed E-state index contributed by atoms with van der Waals surface area (Å²) in [5.74, 6) is -4.60. The van der Waals surface area contributed by atoms with Gasteiger partial charge >= 0.3 is 30.0 Å². The van der Waals surface area contributed by atoms with Crippen LogP contribution >= 0.6 is 0 Å². The zero-order chi connectivity index (χ0) is 39.7. The van der Waals surface area contributed by atoms with Crippen molar-refractivity contribution >= 4 is 47.5 Å². The van der Waals surface area contributed by atoms with E-state index in [2.05, 4.69) is 16.1 Å². The van der Waals surface area contributed by atoms with Gasteiger partial charge in [0.2, 0.25) is 24.2 Å². The summed E-state index contributed by atoms with van der Waals surface area (Å²) >= 11 is 0. The van der Waals surface area contributed by atoms with Crippen LogP contribution in [0, 0.1) is 0 Å². The van der Waals surface area contributed by atoms with Gasteiger partial charge in [-0.15, -0.1) is 0 Å². The van der Waals surface area contributed by atoms with E-state index in [4.69, 9.17) is 42.7 Å². The van der Waals surface area contributed by atoms with Gasteiger partial charge in [-0.1, -0.05) is 0 Å². The number of anilines is 1. The highest BCUT2D eigenvalue weighted by Gasteiger charge is 2.56. The van der Waals surface area contributed by atoms with Crippen molar-refractivity contribution in [2.24, 2.45) is 0 Å². The lowest BCUT2D eigenvalue weighted by atomic mass is 9.97. The standard InChI is InChI=1S/C33H47N3O17/c1-18(38)48-26-27(49-19(2)39)29(50-20(3)40)31(52-28(26)30(43)45-7)51-23-9-8-22(16-21(23)17-37)35-25(42)11-10-24(41)34-12-13-46-14-15-47-36-32(44)53-33(4,5)6/h8-9,16,26-29,31,37H,10-15,17H2,1-7H3,(H,34,41)(H,35,42)(H,36,44)/t26-,27?,28?,29?,31+/m0/s1. The van der Waals surface area contributed by atoms with E-state index >= 15 is 0 Å². The zero-order valence-electron chi connectivity index (χ0n) is 30.5. The van der Waals surface area contributed by atoms with Crippen molar-refractivity contribution in [3.63, 3.8) is 0 Å². The van der Waals surface area contributed by atoms with Crippen LogP contribution in [0.15, 0.2) is 18.2 Å². The van der Waals surface area contributed by atoms with Crippen LogP contribution in [0.2, 0.25) is 0 Å². The van der Waals surface area contributed by atoms with E-state index in [0.29, 0.717) is 0 Å². The molecule has 1 aromatic rings. The summed E-state index contributed by atoms with van der Waals surface area (Å²) in [5.41, 5.74) is 1.79. The minimum absolute atomic E-state index is 0.0451. The summed E-state index contributed by atoms with van der Waals surface area (Å²) in [6, 6.07) is 4.11. The second kappa shape index (κ2) is 21.5. The van der Waals surface area contributed by atoms with Gasteiger partial charge in [0.05, 0.1) is 33.5 Å². The Morgan fingerprint density at radius 1 is 0.830 bits per heavy atom. The van der Waals surface area contributed by atoms with E-state index in [0.717, 1.165) is 27.9 Å². The Bertz CT molecular complexity index is 1450. The molecule has 4 N–H and O–H groups in total. The van der Waals surface area contributed by atoms with Gasteiger partial charge in [-0.2, -0.15) is 5.48 Å². The molecule has 0 spiro atoms. The minimum Gasteiger partial charge on any atom is -0.467 e. The zero-order valence-corrected chi connectivity index (χ0v) is 30.5. The second-order valence-electron chi connectivity index (χ2n) is 12.2. The molecule has 1 saturated heterocycles. The Labute approximate surface area is 305 Å². The van der Waals surface area contributed by atoms with Crippen LogP contribution in [0.1, 0.15) is 59.9 Å². The predicted molar refractivity (Wildman–Crippen MR) is 177 cm³/mol. The van der Waals surface area contributed by atoms with Crippen LogP contribution in [0.25, 0.3) is 0 Å². The molecule has 5 atom stereocenters. The van der Waals surface area contributed by atoms with Crippen molar-refractivity contribution in [1.82, 2.24) is 10.8 Å². The first-order valence-electron chi connectivity index (χ1n) is 16.3. The number of carbonyl (C=O) groups excluding carboxylic acids is 7. The quantitative estimate of drug-likeness (QED) is 0.0690. The molecule has 0 aromatic heterocycles. The monoisotopic (exact) mass is 757 g/mol. The summed E-state index contributed by atoms with van der Waals surface area (Å²) in [6.07, 6.45) is -9.17. The molecule has 20 heteroatoms. The maximum atomic E-state index is 12.7. The van der Waals surface area contributed by atoms with E-state index < -0.39 is 84.7 Å². The average molecular weight is 758 g/mol. The molecule has 1 aromatic carbocycles. The van der Waals surface area contributed by atoms with Crippen LogP contribution in [0.4, 0.5) is 10.5 Å². The van der Waals surface area contributed by atoms with Crippen molar-refractivity contribution in [3.8, 4) is 5.75 Å². The van der Waals surface area contributed by atoms with Gasteiger partial charge in [0.15, 0.2) is 18.3 Å². The Morgan fingerprint density at radius 3 is 2.06 bits per heavy atom. The molecular formula is C33H47N3O17. The molecule has 1 aliphatic heterocycles. The van der Waals surface area contributed by atoms with Crippen molar-refractivity contribution in [1.29, 1.82) is 0 Å². The number of aliphatic hydroxyl groups excluding tert-OH is 1. The highest BCUT2D eigenvalue weighted by atomic mass is 16.7.